The summed E-state index contributed by atoms with van der Waals surface area (Å²) in [5.74, 6) is -0.371. The number of para-hydroxylation sites is 1. The second kappa shape index (κ2) is 3.86. The second-order valence-electron chi connectivity index (χ2n) is 3.41. The average Bonchev–Trinajstić information content (AvgIpc) is 2.55. The fraction of sp³-hybridized carbons (Fsp3) is 0.100. The predicted octanol–water partition coefficient (Wildman–Crippen LogP) is 1.48. The van der Waals surface area contributed by atoms with E-state index in [9.17, 15) is 13.2 Å². The van der Waals surface area contributed by atoms with Crippen molar-refractivity contribution in [2.24, 2.45) is 0 Å². The van der Waals surface area contributed by atoms with Crippen LogP contribution in [0.5, 0.6) is 5.75 Å². The predicted molar refractivity (Wildman–Crippen MR) is 60.4 cm³/mol. The Kier molecular flexibility index (Phi) is 2.64. The van der Waals surface area contributed by atoms with Crippen LogP contribution in [0.1, 0.15) is 11.7 Å². The third-order valence-electron chi connectivity index (χ3n) is 2.21. The SMILES string of the molecule is CC(=O)n1cc(OS(=O)(=O)O)c2ccccc21. The minimum Gasteiger partial charge on any atom is -0.359 e. The van der Waals surface area contributed by atoms with Gasteiger partial charge in [0, 0.05) is 12.3 Å². The smallest absolute Gasteiger partial charge is 0.359 e. The fourth-order valence-electron chi connectivity index (χ4n) is 1.59. The Bertz CT molecular complexity index is 686. The lowest BCUT2D eigenvalue weighted by molar-refractivity contribution is 0.0941. The summed E-state index contributed by atoms with van der Waals surface area (Å²) in [5.41, 5.74) is 0.513. The highest BCUT2D eigenvalue weighted by atomic mass is 32.3. The van der Waals surface area contributed by atoms with Crippen LogP contribution in [0.2, 0.25) is 0 Å². The Hall–Kier alpha value is -1.86. The van der Waals surface area contributed by atoms with Gasteiger partial charge < -0.3 is 4.18 Å². The van der Waals surface area contributed by atoms with Crippen molar-refractivity contribution < 1.29 is 21.9 Å². The van der Waals surface area contributed by atoms with Crippen LogP contribution in [0.4, 0.5) is 0 Å². The monoisotopic (exact) mass is 255 g/mol. The fourth-order valence-corrected chi connectivity index (χ4v) is 1.95. The van der Waals surface area contributed by atoms with E-state index in [1.165, 1.54) is 17.7 Å². The first kappa shape index (κ1) is 11.6. The van der Waals surface area contributed by atoms with E-state index in [1.54, 1.807) is 24.3 Å². The molecule has 1 aromatic carbocycles. The Balaban J connectivity index is 2.69. The summed E-state index contributed by atoms with van der Waals surface area (Å²) in [5, 5.41) is 0.431. The molecular weight excluding hydrogens is 246 g/mol. The van der Waals surface area contributed by atoms with Crippen LogP contribution >= 0.6 is 0 Å². The van der Waals surface area contributed by atoms with Crippen molar-refractivity contribution in [1.82, 2.24) is 4.57 Å². The van der Waals surface area contributed by atoms with Crippen LogP contribution in [0.25, 0.3) is 10.9 Å². The van der Waals surface area contributed by atoms with Gasteiger partial charge in [0.05, 0.1) is 11.7 Å². The van der Waals surface area contributed by atoms with Crippen LogP contribution in [0.15, 0.2) is 30.5 Å². The number of nitrogens with zero attached hydrogens (tertiary/aromatic N) is 1. The molecule has 0 fully saturated rings. The molecule has 1 heterocycles. The Labute approximate surface area is 97.4 Å². The third kappa shape index (κ3) is 2.29. The van der Waals surface area contributed by atoms with Gasteiger partial charge in [-0.2, -0.15) is 8.42 Å². The van der Waals surface area contributed by atoms with Gasteiger partial charge >= 0.3 is 10.4 Å². The van der Waals surface area contributed by atoms with Crippen molar-refractivity contribution in [1.29, 1.82) is 0 Å². The van der Waals surface area contributed by atoms with Gasteiger partial charge in [-0.15, -0.1) is 0 Å². The maximum Gasteiger partial charge on any atom is 0.446 e. The highest BCUT2D eigenvalue weighted by Crippen LogP contribution is 2.28. The molecule has 1 N–H and O–H groups in total. The molecule has 0 radical (unpaired) electrons. The van der Waals surface area contributed by atoms with Gasteiger partial charge in [0.2, 0.25) is 5.91 Å². The molecule has 2 aromatic rings. The number of carbonyl (C=O) groups excluding carboxylic acids is 1. The van der Waals surface area contributed by atoms with Crippen LogP contribution in [0, 0.1) is 0 Å². The number of hydrogen-bond acceptors (Lipinski definition) is 4. The van der Waals surface area contributed by atoms with E-state index in [0.29, 0.717) is 10.9 Å². The summed E-state index contributed by atoms with van der Waals surface area (Å²) < 4.78 is 35.6. The molecule has 2 rings (SSSR count). The van der Waals surface area contributed by atoms with Gasteiger partial charge in [-0.25, -0.2) is 0 Å². The first-order chi connectivity index (χ1) is 7.88. The molecule has 0 aliphatic heterocycles. The van der Waals surface area contributed by atoms with Gasteiger partial charge in [0.15, 0.2) is 5.75 Å². The highest BCUT2D eigenvalue weighted by molar-refractivity contribution is 7.81. The zero-order chi connectivity index (χ0) is 12.6. The summed E-state index contributed by atoms with van der Waals surface area (Å²) in [7, 11) is -4.61. The minimum atomic E-state index is -4.61. The summed E-state index contributed by atoms with van der Waals surface area (Å²) >= 11 is 0. The van der Waals surface area contributed by atoms with E-state index in [1.807, 2.05) is 0 Å². The first-order valence-electron chi connectivity index (χ1n) is 4.66. The second-order valence-corrected chi connectivity index (χ2v) is 4.43. The number of benzene rings is 1. The Morgan fingerprint density at radius 2 is 2.00 bits per heavy atom. The van der Waals surface area contributed by atoms with E-state index in [2.05, 4.69) is 4.18 Å². The van der Waals surface area contributed by atoms with Gasteiger partial charge in [0.25, 0.3) is 0 Å². The van der Waals surface area contributed by atoms with E-state index < -0.39 is 10.4 Å². The van der Waals surface area contributed by atoms with Crippen molar-refractivity contribution in [3.8, 4) is 5.75 Å². The van der Waals surface area contributed by atoms with Crippen LogP contribution in [0.3, 0.4) is 0 Å². The number of carbonyl (C=O) groups is 1. The van der Waals surface area contributed by atoms with Crippen molar-refractivity contribution in [2.75, 3.05) is 0 Å². The Morgan fingerprint density at radius 3 is 2.59 bits per heavy atom. The summed E-state index contributed by atoms with van der Waals surface area (Å²) in [4.78, 5) is 11.3. The molecule has 1 aromatic heterocycles. The largest absolute Gasteiger partial charge is 0.446 e. The molecule has 0 spiro atoms. The van der Waals surface area contributed by atoms with E-state index in [-0.39, 0.29) is 11.7 Å². The molecule has 0 aliphatic rings. The highest BCUT2D eigenvalue weighted by Gasteiger charge is 2.16. The zero-order valence-corrected chi connectivity index (χ0v) is 9.64. The molecule has 6 nitrogen and oxygen atoms in total. The molecule has 90 valence electrons. The molecule has 0 saturated carbocycles. The molecular formula is C10H9NO5S. The molecule has 0 saturated heterocycles. The van der Waals surface area contributed by atoms with Crippen LogP contribution < -0.4 is 4.18 Å². The first-order valence-corrected chi connectivity index (χ1v) is 6.03. The quantitative estimate of drug-likeness (QED) is 0.821. The van der Waals surface area contributed by atoms with E-state index in [4.69, 9.17) is 4.55 Å². The van der Waals surface area contributed by atoms with Crippen LogP contribution in [-0.2, 0) is 10.4 Å². The zero-order valence-electron chi connectivity index (χ0n) is 8.82. The van der Waals surface area contributed by atoms with Crippen molar-refractivity contribution in [2.45, 2.75) is 6.92 Å². The van der Waals surface area contributed by atoms with Crippen molar-refractivity contribution in [3.05, 3.63) is 30.5 Å². The van der Waals surface area contributed by atoms with Gasteiger partial charge in [0.1, 0.15) is 0 Å². The van der Waals surface area contributed by atoms with Crippen molar-refractivity contribution >= 4 is 27.2 Å². The van der Waals surface area contributed by atoms with Gasteiger partial charge in [-0.1, -0.05) is 12.1 Å². The van der Waals surface area contributed by atoms with E-state index >= 15 is 0 Å². The summed E-state index contributed by atoms with van der Waals surface area (Å²) in [6.07, 6.45) is 1.22. The van der Waals surface area contributed by atoms with Crippen molar-refractivity contribution in [3.63, 3.8) is 0 Å². The van der Waals surface area contributed by atoms with E-state index in [0.717, 1.165) is 0 Å². The standard InChI is InChI=1S/C10H9NO5S/c1-7(12)11-6-10(16-17(13,14)15)8-4-2-3-5-9(8)11/h2-6H,1H3,(H,13,14,15). The molecule has 0 atom stereocenters. The third-order valence-corrected chi connectivity index (χ3v) is 2.60. The van der Waals surface area contributed by atoms with Gasteiger partial charge in [-0.05, 0) is 12.1 Å². The number of aromatic nitrogens is 1. The normalized spacial score (nSPS) is 11.6. The lowest BCUT2D eigenvalue weighted by atomic mass is 10.2. The molecule has 0 bridgehead atoms. The molecule has 0 unspecified atom stereocenters. The van der Waals surface area contributed by atoms with Crippen LogP contribution in [-0.4, -0.2) is 23.4 Å². The minimum absolute atomic E-state index is 0.0849. The number of rotatable bonds is 2. The maximum atomic E-state index is 11.3. The number of fused-ring (bicyclic) bond motifs is 1. The maximum absolute atomic E-state index is 11.3. The molecule has 0 amide bonds. The Morgan fingerprint density at radius 1 is 1.35 bits per heavy atom. The topological polar surface area (TPSA) is 85.6 Å². The lowest BCUT2D eigenvalue weighted by Gasteiger charge is -1.97. The lowest BCUT2D eigenvalue weighted by Crippen LogP contribution is -2.06. The van der Waals surface area contributed by atoms with Gasteiger partial charge in [-0.3, -0.25) is 13.9 Å². The average molecular weight is 255 g/mol. The summed E-state index contributed by atoms with van der Waals surface area (Å²) in [6, 6.07) is 6.62. The molecule has 17 heavy (non-hydrogen) atoms. The molecule has 7 heteroatoms. The summed E-state index contributed by atoms with van der Waals surface area (Å²) in [6.45, 7) is 1.34. The molecule has 0 aliphatic carbocycles. The number of hydrogen-bond donors (Lipinski definition) is 1.